The van der Waals surface area contributed by atoms with Crippen molar-refractivity contribution in [2.24, 2.45) is 5.41 Å². The van der Waals surface area contributed by atoms with Gasteiger partial charge in [-0.3, -0.25) is 14.8 Å². The molecule has 6 heteroatoms. The Kier molecular flexibility index (Phi) is 4.20. The Labute approximate surface area is 168 Å². The number of aromatic nitrogens is 2. The normalized spacial score (nSPS) is 18.6. The number of benzene rings is 1. The number of halogens is 1. The van der Waals surface area contributed by atoms with Gasteiger partial charge in [-0.05, 0) is 36.3 Å². The number of nitrogens with zero attached hydrogens (tertiary/aromatic N) is 3. The molecule has 1 spiro atoms. The van der Waals surface area contributed by atoms with Crippen molar-refractivity contribution in [1.29, 1.82) is 0 Å². The molecule has 0 bridgehead atoms. The van der Waals surface area contributed by atoms with E-state index in [2.05, 4.69) is 38.4 Å². The first-order valence-corrected chi connectivity index (χ1v) is 10.1. The van der Waals surface area contributed by atoms with Gasteiger partial charge in [0.2, 0.25) is 5.91 Å². The van der Waals surface area contributed by atoms with Crippen LogP contribution in [0.1, 0.15) is 19.3 Å². The van der Waals surface area contributed by atoms with E-state index < -0.39 is 0 Å². The van der Waals surface area contributed by atoms with Crippen LogP contribution in [0.4, 0.5) is 5.69 Å². The van der Waals surface area contributed by atoms with Crippen LogP contribution in [0.3, 0.4) is 0 Å². The molecular weight excluding hydrogens is 372 g/mol. The zero-order valence-corrected chi connectivity index (χ0v) is 16.2. The minimum absolute atomic E-state index is 0.195. The molecular formula is C22H21ClN4O. The average molecular weight is 393 g/mol. The van der Waals surface area contributed by atoms with E-state index in [1.54, 1.807) is 12.4 Å². The van der Waals surface area contributed by atoms with E-state index >= 15 is 0 Å². The van der Waals surface area contributed by atoms with E-state index in [1.807, 2.05) is 18.5 Å². The molecule has 0 atom stereocenters. The first-order chi connectivity index (χ1) is 13.7. The number of piperidine rings is 1. The second kappa shape index (κ2) is 6.74. The van der Waals surface area contributed by atoms with E-state index in [0.29, 0.717) is 5.02 Å². The molecule has 3 aromatic rings. The molecule has 2 saturated heterocycles. The number of pyridine rings is 2. The smallest absolute Gasteiger partial charge is 0.226 e. The van der Waals surface area contributed by atoms with Crippen LogP contribution >= 0.6 is 11.6 Å². The Morgan fingerprint density at radius 2 is 1.86 bits per heavy atom. The van der Waals surface area contributed by atoms with E-state index in [0.717, 1.165) is 66.5 Å². The van der Waals surface area contributed by atoms with Gasteiger partial charge in [-0.15, -0.1) is 0 Å². The van der Waals surface area contributed by atoms with Gasteiger partial charge in [0.1, 0.15) is 0 Å². The largest absolute Gasteiger partial charge is 0.370 e. The van der Waals surface area contributed by atoms with Crippen molar-refractivity contribution in [3.8, 4) is 11.1 Å². The predicted molar refractivity (Wildman–Crippen MR) is 111 cm³/mol. The van der Waals surface area contributed by atoms with Gasteiger partial charge >= 0.3 is 0 Å². The van der Waals surface area contributed by atoms with Crippen LogP contribution in [-0.2, 0) is 4.79 Å². The Morgan fingerprint density at radius 1 is 1.00 bits per heavy atom. The van der Waals surface area contributed by atoms with Gasteiger partial charge in [0.25, 0.3) is 0 Å². The number of carbonyl (C=O) groups is 1. The van der Waals surface area contributed by atoms with Gasteiger partial charge in [0.15, 0.2) is 0 Å². The standard InChI is InChI=1S/C22H21ClN4O/c23-19-14-25-13-18(16-3-1-2-15-4-8-24-12-17(15)16)20(19)27-10-6-22(7-11-27)5-9-26-21(22)28/h1-4,8,12-14H,5-7,9-11H2,(H,26,28). The molecule has 2 fully saturated rings. The molecule has 4 heterocycles. The highest BCUT2D eigenvalue weighted by atomic mass is 35.5. The molecule has 0 aliphatic carbocycles. The highest BCUT2D eigenvalue weighted by Gasteiger charge is 2.44. The lowest BCUT2D eigenvalue weighted by atomic mass is 9.77. The first kappa shape index (κ1) is 17.4. The molecule has 5 rings (SSSR count). The topological polar surface area (TPSA) is 58.1 Å². The summed E-state index contributed by atoms with van der Waals surface area (Å²) in [5.74, 6) is 0.216. The summed E-state index contributed by atoms with van der Waals surface area (Å²) in [6.45, 7) is 2.42. The molecule has 0 unspecified atom stereocenters. The van der Waals surface area contributed by atoms with Crippen molar-refractivity contribution in [2.45, 2.75) is 19.3 Å². The van der Waals surface area contributed by atoms with Crippen molar-refractivity contribution in [3.63, 3.8) is 0 Å². The fourth-order valence-electron chi connectivity index (χ4n) is 4.65. The molecule has 1 N–H and O–H groups in total. The lowest BCUT2D eigenvalue weighted by molar-refractivity contribution is -0.128. The molecule has 5 nitrogen and oxygen atoms in total. The van der Waals surface area contributed by atoms with Crippen molar-refractivity contribution >= 4 is 34.0 Å². The fraction of sp³-hybridized carbons (Fsp3) is 0.318. The maximum absolute atomic E-state index is 12.3. The molecule has 28 heavy (non-hydrogen) atoms. The van der Waals surface area contributed by atoms with Crippen molar-refractivity contribution in [1.82, 2.24) is 15.3 Å². The molecule has 1 amide bonds. The second-order valence-electron chi connectivity index (χ2n) is 7.69. The number of carbonyl (C=O) groups excluding carboxylic acids is 1. The molecule has 0 saturated carbocycles. The third-order valence-corrected chi connectivity index (χ3v) is 6.53. The summed E-state index contributed by atoms with van der Waals surface area (Å²) < 4.78 is 0. The molecule has 0 radical (unpaired) electrons. The van der Waals surface area contributed by atoms with E-state index in [9.17, 15) is 4.79 Å². The zero-order chi connectivity index (χ0) is 19.1. The van der Waals surface area contributed by atoms with Crippen LogP contribution < -0.4 is 10.2 Å². The van der Waals surface area contributed by atoms with Crippen LogP contribution in [0.5, 0.6) is 0 Å². The Bertz CT molecular complexity index is 1050. The summed E-state index contributed by atoms with van der Waals surface area (Å²) in [6.07, 6.45) is 9.93. The number of hydrogen-bond donors (Lipinski definition) is 1. The van der Waals surface area contributed by atoms with Gasteiger partial charge < -0.3 is 10.2 Å². The Hall–Kier alpha value is -2.66. The lowest BCUT2D eigenvalue weighted by Gasteiger charge is -2.39. The minimum atomic E-state index is -0.195. The van der Waals surface area contributed by atoms with Gasteiger partial charge in [-0.2, -0.15) is 0 Å². The van der Waals surface area contributed by atoms with E-state index in [4.69, 9.17) is 11.6 Å². The molecule has 2 aromatic heterocycles. The zero-order valence-electron chi connectivity index (χ0n) is 15.5. The second-order valence-corrected chi connectivity index (χ2v) is 8.10. The van der Waals surface area contributed by atoms with Crippen LogP contribution in [0, 0.1) is 5.41 Å². The highest BCUT2D eigenvalue weighted by Crippen LogP contribution is 2.44. The van der Waals surface area contributed by atoms with Gasteiger partial charge in [0.05, 0.1) is 16.1 Å². The molecule has 1 aromatic carbocycles. The number of rotatable bonds is 2. The van der Waals surface area contributed by atoms with Gasteiger partial charge in [-0.25, -0.2) is 0 Å². The third-order valence-electron chi connectivity index (χ3n) is 6.25. The Balaban J connectivity index is 1.56. The third kappa shape index (κ3) is 2.73. The lowest BCUT2D eigenvalue weighted by Crippen LogP contribution is -2.44. The number of nitrogens with one attached hydrogen (secondary N) is 1. The SMILES string of the molecule is O=C1NCCC12CCN(c1c(Cl)cncc1-c1cccc3ccncc13)CC2. The predicted octanol–water partition coefficient (Wildman–Crippen LogP) is 4.06. The summed E-state index contributed by atoms with van der Waals surface area (Å²) in [5, 5.41) is 5.87. The van der Waals surface area contributed by atoms with Gasteiger partial charge in [-0.1, -0.05) is 29.8 Å². The number of anilines is 1. The molecule has 2 aliphatic rings. The highest BCUT2D eigenvalue weighted by molar-refractivity contribution is 6.34. The molecule has 142 valence electrons. The summed E-state index contributed by atoms with van der Waals surface area (Å²) in [5.41, 5.74) is 2.90. The van der Waals surface area contributed by atoms with Crippen molar-refractivity contribution in [3.05, 3.63) is 54.1 Å². The van der Waals surface area contributed by atoms with Crippen molar-refractivity contribution < 1.29 is 4.79 Å². The average Bonchev–Trinajstić information content (AvgIpc) is 3.08. The van der Waals surface area contributed by atoms with Crippen LogP contribution in [0.25, 0.3) is 21.9 Å². The summed E-state index contributed by atoms with van der Waals surface area (Å²) in [4.78, 5) is 23.3. The monoisotopic (exact) mass is 392 g/mol. The number of hydrogen-bond acceptors (Lipinski definition) is 4. The van der Waals surface area contributed by atoms with Crippen LogP contribution in [-0.4, -0.2) is 35.5 Å². The fourth-order valence-corrected chi connectivity index (χ4v) is 4.92. The van der Waals surface area contributed by atoms with Crippen LogP contribution in [0.2, 0.25) is 5.02 Å². The number of fused-ring (bicyclic) bond motifs is 1. The quantitative estimate of drug-likeness (QED) is 0.714. The summed E-state index contributed by atoms with van der Waals surface area (Å²) >= 11 is 6.64. The number of amides is 1. The Morgan fingerprint density at radius 3 is 2.64 bits per heavy atom. The maximum Gasteiger partial charge on any atom is 0.226 e. The van der Waals surface area contributed by atoms with Crippen LogP contribution in [0.15, 0.2) is 49.1 Å². The maximum atomic E-state index is 12.3. The van der Waals surface area contributed by atoms with Crippen molar-refractivity contribution in [2.75, 3.05) is 24.5 Å². The van der Waals surface area contributed by atoms with E-state index in [-0.39, 0.29) is 11.3 Å². The first-order valence-electron chi connectivity index (χ1n) is 9.68. The van der Waals surface area contributed by atoms with Gasteiger partial charge in [0, 0.05) is 55.4 Å². The summed E-state index contributed by atoms with van der Waals surface area (Å²) in [6, 6.07) is 8.24. The summed E-state index contributed by atoms with van der Waals surface area (Å²) in [7, 11) is 0. The molecule has 2 aliphatic heterocycles. The van der Waals surface area contributed by atoms with E-state index in [1.165, 1.54) is 0 Å². The minimum Gasteiger partial charge on any atom is -0.370 e.